The van der Waals surface area contributed by atoms with Gasteiger partial charge in [-0.3, -0.25) is 9.59 Å². The standard InChI is InChI=1S/C21H22N6O2/c28-19(15-27-24-20(23-25-27)16-9-3-1-4-10-16)22-18-12-6-5-11-17(18)21(29)26-13-7-2-8-14-26/h1,3-6,9-12H,2,7-8,13-15H2,(H,22,28). The van der Waals surface area contributed by atoms with E-state index in [9.17, 15) is 9.59 Å². The Morgan fingerprint density at radius 3 is 2.45 bits per heavy atom. The Bertz CT molecular complexity index is 995. The van der Waals surface area contributed by atoms with Crippen molar-refractivity contribution in [2.75, 3.05) is 18.4 Å². The molecule has 8 heteroatoms. The van der Waals surface area contributed by atoms with E-state index in [-0.39, 0.29) is 18.4 Å². The minimum absolute atomic E-state index is 0.0501. The highest BCUT2D eigenvalue weighted by Gasteiger charge is 2.21. The number of hydrogen-bond donors (Lipinski definition) is 1. The number of para-hydroxylation sites is 1. The van der Waals surface area contributed by atoms with Crippen LogP contribution in [0.15, 0.2) is 54.6 Å². The second-order valence-electron chi connectivity index (χ2n) is 6.96. The van der Waals surface area contributed by atoms with E-state index < -0.39 is 0 Å². The van der Waals surface area contributed by atoms with Crippen molar-refractivity contribution in [3.63, 3.8) is 0 Å². The van der Waals surface area contributed by atoms with E-state index in [0.717, 1.165) is 37.9 Å². The Balaban J connectivity index is 1.44. The maximum atomic E-state index is 12.9. The molecule has 1 saturated heterocycles. The van der Waals surface area contributed by atoms with E-state index in [1.807, 2.05) is 35.2 Å². The fourth-order valence-corrected chi connectivity index (χ4v) is 3.38. The van der Waals surface area contributed by atoms with Crippen molar-refractivity contribution in [2.45, 2.75) is 25.8 Å². The van der Waals surface area contributed by atoms with Crippen LogP contribution < -0.4 is 5.32 Å². The number of carbonyl (C=O) groups is 2. The molecule has 0 radical (unpaired) electrons. The molecule has 1 N–H and O–H groups in total. The lowest BCUT2D eigenvalue weighted by atomic mass is 10.1. The summed E-state index contributed by atoms with van der Waals surface area (Å²) in [4.78, 5) is 28.5. The summed E-state index contributed by atoms with van der Waals surface area (Å²) in [5, 5.41) is 15.0. The monoisotopic (exact) mass is 390 g/mol. The number of nitrogens with zero attached hydrogens (tertiary/aromatic N) is 5. The van der Waals surface area contributed by atoms with Gasteiger partial charge in [0.05, 0.1) is 11.3 Å². The van der Waals surface area contributed by atoms with Crippen LogP contribution in [0.1, 0.15) is 29.6 Å². The summed E-state index contributed by atoms with van der Waals surface area (Å²) in [5.41, 5.74) is 1.83. The topological polar surface area (TPSA) is 93.0 Å². The first-order valence-corrected chi connectivity index (χ1v) is 9.72. The lowest BCUT2D eigenvalue weighted by Crippen LogP contribution is -2.36. The molecule has 1 aliphatic rings. The minimum atomic E-state index is -0.319. The average Bonchev–Trinajstić information content (AvgIpc) is 3.23. The Morgan fingerprint density at radius 2 is 1.66 bits per heavy atom. The molecule has 0 unspecified atom stereocenters. The van der Waals surface area contributed by atoms with E-state index in [1.54, 1.807) is 24.3 Å². The first-order valence-electron chi connectivity index (χ1n) is 9.72. The fraction of sp³-hybridized carbons (Fsp3) is 0.286. The summed E-state index contributed by atoms with van der Waals surface area (Å²) in [5.74, 6) is 0.0887. The van der Waals surface area contributed by atoms with Gasteiger partial charge in [0.15, 0.2) is 0 Å². The van der Waals surface area contributed by atoms with Gasteiger partial charge in [-0.2, -0.15) is 4.80 Å². The van der Waals surface area contributed by atoms with Gasteiger partial charge >= 0.3 is 0 Å². The molecule has 148 valence electrons. The molecular weight excluding hydrogens is 368 g/mol. The summed E-state index contributed by atoms with van der Waals surface area (Å²) in [7, 11) is 0. The largest absolute Gasteiger partial charge is 0.339 e. The van der Waals surface area contributed by atoms with Gasteiger partial charge in [0, 0.05) is 18.7 Å². The number of piperidine rings is 1. The third-order valence-corrected chi connectivity index (χ3v) is 4.84. The van der Waals surface area contributed by atoms with Gasteiger partial charge in [0.2, 0.25) is 11.7 Å². The lowest BCUT2D eigenvalue weighted by Gasteiger charge is -2.27. The Hall–Kier alpha value is -3.55. The molecule has 8 nitrogen and oxygen atoms in total. The predicted molar refractivity (Wildman–Crippen MR) is 108 cm³/mol. The van der Waals surface area contributed by atoms with Gasteiger partial charge in [0.25, 0.3) is 5.91 Å². The molecule has 0 spiro atoms. The Morgan fingerprint density at radius 1 is 0.931 bits per heavy atom. The number of rotatable bonds is 5. The normalized spacial score (nSPS) is 13.9. The number of amides is 2. The first-order chi connectivity index (χ1) is 14.2. The van der Waals surface area contributed by atoms with Crippen LogP contribution in [0, 0.1) is 0 Å². The third kappa shape index (κ3) is 4.48. The van der Waals surface area contributed by atoms with Crippen molar-refractivity contribution in [3.05, 3.63) is 60.2 Å². The molecule has 0 bridgehead atoms. The van der Waals surface area contributed by atoms with Crippen LogP contribution in [0.3, 0.4) is 0 Å². The quantitative estimate of drug-likeness (QED) is 0.723. The van der Waals surface area contributed by atoms with Crippen molar-refractivity contribution < 1.29 is 9.59 Å². The first kappa shape index (κ1) is 18.8. The molecule has 4 rings (SSSR count). The van der Waals surface area contributed by atoms with Crippen LogP contribution in [0.25, 0.3) is 11.4 Å². The predicted octanol–water partition coefficient (Wildman–Crippen LogP) is 2.60. The van der Waals surface area contributed by atoms with Crippen molar-refractivity contribution in [1.82, 2.24) is 25.1 Å². The van der Waals surface area contributed by atoms with Crippen LogP contribution in [-0.4, -0.2) is 50.0 Å². The second kappa shape index (κ2) is 8.64. The summed E-state index contributed by atoms with van der Waals surface area (Å²) in [6.07, 6.45) is 3.18. The Labute approximate surface area is 168 Å². The van der Waals surface area contributed by atoms with E-state index >= 15 is 0 Å². The lowest BCUT2D eigenvalue weighted by molar-refractivity contribution is -0.117. The van der Waals surface area contributed by atoms with Crippen LogP contribution in [-0.2, 0) is 11.3 Å². The molecule has 1 aromatic heterocycles. The fourth-order valence-electron chi connectivity index (χ4n) is 3.38. The van der Waals surface area contributed by atoms with Crippen LogP contribution in [0.2, 0.25) is 0 Å². The van der Waals surface area contributed by atoms with Gasteiger partial charge in [-0.05, 0) is 36.6 Å². The maximum absolute atomic E-state index is 12.9. The molecule has 1 aliphatic heterocycles. The molecule has 0 saturated carbocycles. The molecule has 2 aromatic carbocycles. The van der Waals surface area contributed by atoms with Gasteiger partial charge in [-0.25, -0.2) is 0 Å². The van der Waals surface area contributed by atoms with Crippen molar-refractivity contribution in [2.24, 2.45) is 0 Å². The summed E-state index contributed by atoms with van der Waals surface area (Å²) in [6.45, 7) is 1.42. The number of tetrazole rings is 1. The molecule has 0 aliphatic carbocycles. The van der Waals surface area contributed by atoms with Crippen LogP contribution >= 0.6 is 0 Å². The van der Waals surface area contributed by atoms with Gasteiger partial charge in [0.1, 0.15) is 6.54 Å². The van der Waals surface area contributed by atoms with E-state index in [2.05, 4.69) is 20.7 Å². The molecule has 2 heterocycles. The minimum Gasteiger partial charge on any atom is -0.339 e. The second-order valence-corrected chi connectivity index (χ2v) is 6.96. The van der Waals surface area contributed by atoms with Gasteiger partial charge in [-0.15, -0.1) is 10.2 Å². The number of likely N-dealkylation sites (tertiary alicyclic amines) is 1. The number of aromatic nitrogens is 4. The summed E-state index contributed by atoms with van der Waals surface area (Å²) >= 11 is 0. The summed E-state index contributed by atoms with van der Waals surface area (Å²) in [6, 6.07) is 16.5. The number of nitrogens with one attached hydrogen (secondary N) is 1. The zero-order valence-corrected chi connectivity index (χ0v) is 16.0. The SMILES string of the molecule is O=C(Cn1nnc(-c2ccccc2)n1)Nc1ccccc1C(=O)N1CCCCC1. The van der Waals surface area contributed by atoms with Crippen molar-refractivity contribution in [3.8, 4) is 11.4 Å². The molecule has 1 fully saturated rings. The van der Waals surface area contributed by atoms with Crippen LogP contribution in [0.5, 0.6) is 0 Å². The van der Waals surface area contributed by atoms with Crippen molar-refractivity contribution >= 4 is 17.5 Å². The number of hydrogen-bond acceptors (Lipinski definition) is 5. The van der Waals surface area contributed by atoms with Crippen molar-refractivity contribution in [1.29, 1.82) is 0 Å². The smallest absolute Gasteiger partial charge is 0.255 e. The summed E-state index contributed by atoms with van der Waals surface area (Å²) < 4.78 is 0. The molecule has 0 atom stereocenters. The molecular formula is C21H22N6O2. The van der Waals surface area contributed by atoms with E-state index in [4.69, 9.17) is 0 Å². The highest BCUT2D eigenvalue weighted by molar-refractivity contribution is 6.03. The zero-order valence-electron chi connectivity index (χ0n) is 16.0. The van der Waals surface area contributed by atoms with E-state index in [0.29, 0.717) is 17.1 Å². The highest BCUT2D eigenvalue weighted by atomic mass is 16.2. The third-order valence-electron chi connectivity index (χ3n) is 4.84. The highest BCUT2D eigenvalue weighted by Crippen LogP contribution is 2.20. The van der Waals surface area contributed by atoms with Gasteiger partial charge in [-0.1, -0.05) is 42.5 Å². The average molecular weight is 390 g/mol. The molecule has 3 aromatic rings. The number of benzene rings is 2. The molecule has 29 heavy (non-hydrogen) atoms. The maximum Gasteiger partial charge on any atom is 0.255 e. The van der Waals surface area contributed by atoms with Gasteiger partial charge < -0.3 is 10.2 Å². The van der Waals surface area contributed by atoms with E-state index in [1.165, 1.54) is 4.80 Å². The molecule has 2 amide bonds. The number of anilines is 1. The van der Waals surface area contributed by atoms with Crippen LogP contribution in [0.4, 0.5) is 5.69 Å². The Kier molecular flexibility index (Phi) is 5.60. The number of carbonyl (C=O) groups excluding carboxylic acids is 2. The zero-order chi connectivity index (χ0) is 20.1.